The van der Waals surface area contributed by atoms with Crippen molar-refractivity contribution in [2.24, 2.45) is 0 Å². The number of Topliss-reactive ketones (excluding diaryl/α,β-unsaturated/α-hetero) is 1. The van der Waals surface area contributed by atoms with Crippen LogP contribution >= 0.6 is 11.6 Å². The summed E-state index contributed by atoms with van der Waals surface area (Å²) in [5.41, 5.74) is 3.51. The lowest BCUT2D eigenvalue weighted by Gasteiger charge is -2.33. The van der Waals surface area contributed by atoms with Crippen LogP contribution in [0.15, 0.2) is 24.3 Å². The molecule has 1 atom stereocenters. The first kappa shape index (κ1) is 17.4. The van der Waals surface area contributed by atoms with Crippen LogP contribution in [0.5, 0.6) is 0 Å². The van der Waals surface area contributed by atoms with Crippen LogP contribution in [-0.2, 0) is 6.42 Å². The second kappa shape index (κ2) is 6.97. The minimum atomic E-state index is 0.128. The molecule has 0 bridgehead atoms. The minimum absolute atomic E-state index is 0.128. The van der Waals surface area contributed by atoms with Gasteiger partial charge in [-0.25, -0.2) is 9.97 Å². The minimum Gasteiger partial charge on any atom is -0.338 e. The first-order valence-electron chi connectivity index (χ1n) is 9.11. The number of carbonyl (C=O) groups is 1. The molecule has 0 spiro atoms. The Balaban J connectivity index is 1.66. The molecule has 5 nitrogen and oxygen atoms in total. The first-order chi connectivity index (χ1) is 12.5. The van der Waals surface area contributed by atoms with E-state index in [1.165, 1.54) is 0 Å². The third-order valence-electron chi connectivity index (χ3n) is 5.41. The molecule has 136 valence electrons. The van der Waals surface area contributed by atoms with Gasteiger partial charge in [0.1, 0.15) is 0 Å². The maximum Gasteiger partial charge on any atom is 0.225 e. The molecule has 2 aliphatic rings. The molecular weight excluding hydrogens is 348 g/mol. The van der Waals surface area contributed by atoms with Crippen LogP contribution in [0.3, 0.4) is 0 Å². The van der Waals surface area contributed by atoms with E-state index in [2.05, 4.69) is 21.8 Å². The molecule has 0 radical (unpaired) electrons. The fourth-order valence-electron chi connectivity index (χ4n) is 3.90. The molecule has 1 unspecified atom stereocenters. The Morgan fingerprint density at radius 3 is 2.62 bits per heavy atom. The fraction of sp³-hybridized carbons (Fsp3) is 0.450. The molecule has 1 aliphatic heterocycles. The molecule has 6 heteroatoms. The number of carbonyl (C=O) groups excluding carboxylic acids is 1. The topological polar surface area (TPSA) is 49.3 Å². The maximum atomic E-state index is 12.8. The van der Waals surface area contributed by atoms with Crippen molar-refractivity contribution in [1.82, 2.24) is 14.9 Å². The molecule has 1 aliphatic carbocycles. The highest BCUT2D eigenvalue weighted by Gasteiger charge is 2.31. The summed E-state index contributed by atoms with van der Waals surface area (Å²) in [6.45, 7) is 5.77. The van der Waals surface area contributed by atoms with E-state index in [-0.39, 0.29) is 11.7 Å². The number of aryl methyl sites for hydroxylation is 1. The van der Waals surface area contributed by atoms with E-state index < -0.39 is 0 Å². The second-order valence-corrected chi connectivity index (χ2v) is 7.74. The van der Waals surface area contributed by atoms with Gasteiger partial charge in [-0.3, -0.25) is 4.79 Å². The number of hydrogen-bond donors (Lipinski definition) is 0. The summed E-state index contributed by atoms with van der Waals surface area (Å²) in [4.78, 5) is 26.8. The number of aromatic nitrogens is 2. The number of fused-ring (bicyclic) bond motifs is 1. The van der Waals surface area contributed by atoms with E-state index in [1.807, 2.05) is 31.2 Å². The van der Waals surface area contributed by atoms with E-state index in [4.69, 9.17) is 16.6 Å². The molecule has 2 heterocycles. The zero-order valence-electron chi connectivity index (χ0n) is 15.2. The molecular formula is C20H23ClN4O. The van der Waals surface area contributed by atoms with Crippen molar-refractivity contribution in [2.75, 3.05) is 38.1 Å². The second-order valence-electron chi connectivity index (χ2n) is 7.30. The van der Waals surface area contributed by atoms with Crippen LogP contribution in [-0.4, -0.2) is 53.9 Å². The predicted octanol–water partition coefficient (Wildman–Crippen LogP) is 3.10. The Labute approximate surface area is 159 Å². The standard InChI is InChI=1S/C20H23ClN4O/c1-13-19-17(23-20(22-13)25-8-6-24(2)7-9-25)11-15(12-18(19)26)14-4-3-5-16(21)10-14/h3-5,10,15H,6-9,11-12H2,1-2H3. The number of hydrogen-bond acceptors (Lipinski definition) is 5. The molecule has 0 amide bonds. The molecule has 1 aromatic heterocycles. The summed E-state index contributed by atoms with van der Waals surface area (Å²) in [6, 6.07) is 7.81. The van der Waals surface area contributed by atoms with Crippen LogP contribution < -0.4 is 4.90 Å². The van der Waals surface area contributed by atoms with Crippen LogP contribution in [0.4, 0.5) is 5.95 Å². The van der Waals surface area contributed by atoms with E-state index in [9.17, 15) is 4.79 Å². The summed E-state index contributed by atoms with van der Waals surface area (Å²) >= 11 is 6.14. The highest BCUT2D eigenvalue weighted by Crippen LogP contribution is 2.34. The average molecular weight is 371 g/mol. The molecule has 26 heavy (non-hydrogen) atoms. The molecule has 1 saturated heterocycles. The van der Waals surface area contributed by atoms with Crippen molar-refractivity contribution >= 4 is 23.3 Å². The highest BCUT2D eigenvalue weighted by atomic mass is 35.5. The molecule has 2 aromatic rings. The van der Waals surface area contributed by atoms with E-state index >= 15 is 0 Å². The Bertz CT molecular complexity index is 846. The molecule has 1 aromatic carbocycles. The third kappa shape index (κ3) is 3.33. The highest BCUT2D eigenvalue weighted by molar-refractivity contribution is 6.30. The van der Waals surface area contributed by atoms with Gasteiger partial charge in [-0.2, -0.15) is 0 Å². The van der Waals surface area contributed by atoms with Crippen LogP contribution in [0.25, 0.3) is 0 Å². The van der Waals surface area contributed by atoms with Crippen molar-refractivity contribution in [2.45, 2.75) is 25.7 Å². The van der Waals surface area contributed by atoms with Gasteiger partial charge in [0.05, 0.1) is 17.0 Å². The Morgan fingerprint density at radius 1 is 1.12 bits per heavy atom. The lowest BCUT2D eigenvalue weighted by molar-refractivity contribution is 0.0962. The van der Waals surface area contributed by atoms with Crippen molar-refractivity contribution in [3.8, 4) is 0 Å². The largest absolute Gasteiger partial charge is 0.338 e. The van der Waals surface area contributed by atoms with E-state index in [1.54, 1.807) is 0 Å². The fourth-order valence-corrected chi connectivity index (χ4v) is 4.10. The predicted molar refractivity (Wildman–Crippen MR) is 103 cm³/mol. The van der Waals surface area contributed by atoms with Gasteiger partial charge in [0.2, 0.25) is 5.95 Å². The lowest BCUT2D eigenvalue weighted by atomic mass is 9.81. The number of ketones is 1. The molecule has 1 fully saturated rings. The van der Waals surface area contributed by atoms with Gasteiger partial charge < -0.3 is 9.80 Å². The lowest BCUT2D eigenvalue weighted by Crippen LogP contribution is -2.45. The Kier molecular flexibility index (Phi) is 4.67. The van der Waals surface area contributed by atoms with Crippen molar-refractivity contribution in [1.29, 1.82) is 0 Å². The zero-order valence-corrected chi connectivity index (χ0v) is 16.0. The summed E-state index contributed by atoms with van der Waals surface area (Å²) in [5.74, 6) is 1.02. The number of piperazine rings is 1. The van der Waals surface area contributed by atoms with Gasteiger partial charge in [-0.05, 0) is 44.0 Å². The maximum absolute atomic E-state index is 12.8. The van der Waals surface area contributed by atoms with Crippen molar-refractivity contribution in [3.05, 3.63) is 51.8 Å². The number of benzene rings is 1. The summed E-state index contributed by atoms with van der Waals surface area (Å²) in [7, 11) is 2.13. The third-order valence-corrected chi connectivity index (χ3v) is 5.64. The van der Waals surface area contributed by atoms with Gasteiger partial charge >= 0.3 is 0 Å². The zero-order chi connectivity index (χ0) is 18.3. The number of halogens is 1. The van der Waals surface area contributed by atoms with Gasteiger partial charge in [-0.1, -0.05) is 23.7 Å². The van der Waals surface area contributed by atoms with Crippen molar-refractivity contribution in [3.63, 3.8) is 0 Å². The van der Waals surface area contributed by atoms with Crippen LogP contribution in [0, 0.1) is 6.92 Å². The average Bonchev–Trinajstić information content (AvgIpc) is 2.61. The summed E-state index contributed by atoms with van der Waals surface area (Å²) in [6.07, 6.45) is 1.25. The summed E-state index contributed by atoms with van der Waals surface area (Å²) in [5, 5.41) is 0.706. The Hall–Kier alpha value is -1.98. The SMILES string of the molecule is Cc1nc(N2CCN(C)CC2)nc2c1C(=O)CC(c1cccc(Cl)c1)C2. The number of rotatable bonds is 2. The van der Waals surface area contributed by atoms with Crippen molar-refractivity contribution < 1.29 is 4.79 Å². The molecule has 0 N–H and O–H groups in total. The summed E-state index contributed by atoms with van der Waals surface area (Å²) < 4.78 is 0. The number of anilines is 1. The smallest absolute Gasteiger partial charge is 0.225 e. The molecule has 4 rings (SSSR count). The monoisotopic (exact) mass is 370 g/mol. The van der Waals surface area contributed by atoms with Crippen LogP contribution in [0.2, 0.25) is 5.02 Å². The van der Waals surface area contributed by atoms with E-state index in [0.29, 0.717) is 11.4 Å². The van der Waals surface area contributed by atoms with Gasteiger partial charge in [0, 0.05) is 37.6 Å². The quantitative estimate of drug-likeness (QED) is 0.813. The Morgan fingerprint density at radius 2 is 1.88 bits per heavy atom. The molecule has 0 saturated carbocycles. The van der Waals surface area contributed by atoms with Gasteiger partial charge in [-0.15, -0.1) is 0 Å². The normalized spacial score (nSPS) is 21.0. The van der Waals surface area contributed by atoms with E-state index in [0.717, 1.165) is 61.1 Å². The van der Waals surface area contributed by atoms with Gasteiger partial charge in [0.25, 0.3) is 0 Å². The first-order valence-corrected chi connectivity index (χ1v) is 9.48. The van der Waals surface area contributed by atoms with Crippen LogP contribution in [0.1, 0.15) is 39.6 Å². The number of nitrogens with zero attached hydrogens (tertiary/aromatic N) is 4. The number of likely N-dealkylation sites (N-methyl/N-ethyl adjacent to an activating group) is 1. The van der Waals surface area contributed by atoms with Gasteiger partial charge in [0.15, 0.2) is 5.78 Å².